The second-order valence-corrected chi connectivity index (χ2v) is 3.30. The summed E-state index contributed by atoms with van der Waals surface area (Å²) in [7, 11) is 1.95. The largest absolute Gasteiger partial charge is 0.331 e. The van der Waals surface area contributed by atoms with Crippen LogP contribution in [0.3, 0.4) is 0 Å². The van der Waals surface area contributed by atoms with Crippen LogP contribution in [0.5, 0.6) is 0 Å². The second-order valence-electron chi connectivity index (χ2n) is 3.30. The predicted octanol–water partition coefficient (Wildman–Crippen LogP) is 1.74. The molecule has 0 amide bonds. The highest BCUT2D eigenvalue weighted by Crippen LogP contribution is 2.14. The molecule has 68 valence electrons. The first-order valence-electron chi connectivity index (χ1n) is 4.36. The highest BCUT2D eigenvalue weighted by Gasteiger charge is 2.10. The highest BCUT2D eigenvalue weighted by molar-refractivity contribution is 4.99. The van der Waals surface area contributed by atoms with Crippen molar-refractivity contribution in [1.29, 1.82) is 0 Å². The molecule has 1 heterocycles. The van der Waals surface area contributed by atoms with Gasteiger partial charge in [0, 0.05) is 18.4 Å². The topological polar surface area (TPSA) is 29.9 Å². The molecule has 0 fully saturated rings. The van der Waals surface area contributed by atoms with Crippen LogP contribution in [0.2, 0.25) is 0 Å². The average molecular weight is 167 g/mol. The summed E-state index contributed by atoms with van der Waals surface area (Å²) in [5.41, 5.74) is 0. The monoisotopic (exact) mass is 167 g/mol. The van der Waals surface area contributed by atoms with Crippen LogP contribution in [0.25, 0.3) is 0 Å². The molecular formula is C9H17N3. The van der Waals surface area contributed by atoms with Crippen molar-refractivity contribution in [3.63, 3.8) is 0 Å². The molecule has 0 radical (unpaired) electrons. The maximum Gasteiger partial charge on any atom is 0.125 e. The molecule has 0 saturated carbocycles. The number of nitrogens with one attached hydrogen (secondary N) is 1. The van der Waals surface area contributed by atoms with Crippen LogP contribution in [-0.4, -0.2) is 16.6 Å². The van der Waals surface area contributed by atoms with Gasteiger partial charge in [-0.15, -0.1) is 0 Å². The number of rotatable bonds is 3. The van der Waals surface area contributed by atoms with E-state index in [-0.39, 0.29) is 0 Å². The number of imidazole rings is 1. The van der Waals surface area contributed by atoms with Crippen LogP contribution in [-0.2, 0) is 0 Å². The first-order chi connectivity index (χ1) is 5.66. The van der Waals surface area contributed by atoms with Crippen molar-refractivity contribution in [2.24, 2.45) is 0 Å². The SMILES string of the molecule is CN[C@H](C)c1nccn1C(C)C. The van der Waals surface area contributed by atoms with Gasteiger partial charge in [0.25, 0.3) is 0 Å². The van der Waals surface area contributed by atoms with Crippen molar-refractivity contribution in [1.82, 2.24) is 14.9 Å². The molecule has 12 heavy (non-hydrogen) atoms. The second kappa shape index (κ2) is 3.72. The molecule has 1 aromatic heterocycles. The van der Waals surface area contributed by atoms with Crippen LogP contribution in [0.4, 0.5) is 0 Å². The molecule has 0 bridgehead atoms. The molecule has 0 aliphatic heterocycles. The van der Waals surface area contributed by atoms with Crippen molar-refractivity contribution in [3.05, 3.63) is 18.2 Å². The number of aromatic nitrogens is 2. The van der Waals surface area contributed by atoms with Crippen LogP contribution < -0.4 is 5.32 Å². The number of hydrogen-bond donors (Lipinski definition) is 1. The lowest BCUT2D eigenvalue weighted by atomic mass is 10.3. The van der Waals surface area contributed by atoms with Crippen molar-refractivity contribution < 1.29 is 0 Å². The lowest BCUT2D eigenvalue weighted by Gasteiger charge is -2.15. The normalized spacial score (nSPS) is 13.8. The zero-order valence-corrected chi connectivity index (χ0v) is 8.20. The summed E-state index contributed by atoms with van der Waals surface area (Å²) in [5, 5.41) is 3.18. The van der Waals surface area contributed by atoms with Gasteiger partial charge in [-0.25, -0.2) is 4.98 Å². The van der Waals surface area contributed by atoms with E-state index in [1.54, 1.807) is 0 Å². The minimum atomic E-state index is 0.322. The molecule has 0 aromatic carbocycles. The number of nitrogens with zero attached hydrogens (tertiary/aromatic N) is 2. The van der Waals surface area contributed by atoms with Crippen molar-refractivity contribution >= 4 is 0 Å². The van der Waals surface area contributed by atoms with Gasteiger partial charge in [0.1, 0.15) is 5.82 Å². The van der Waals surface area contributed by atoms with Crippen LogP contribution in [0.1, 0.15) is 38.7 Å². The Morgan fingerprint density at radius 3 is 2.58 bits per heavy atom. The van der Waals surface area contributed by atoms with Gasteiger partial charge in [0.2, 0.25) is 0 Å². The fourth-order valence-corrected chi connectivity index (χ4v) is 1.23. The third kappa shape index (κ3) is 1.67. The summed E-state index contributed by atoms with van der Waals surface area (Å²) >= 11 is 0. The van der Waals surface area contributed by atoms with E-state index in [4.69, 9.17) is 0 Å². The molecule has 1 rings (SSSR count). The summed E-state index contributed by atoms with van der Waals surface area (Å²) in [6.07, 6.45) is 3.87. The number of hydrogen-bond acceptors (Lipinski definition) is 2. The van der Waals surface area contributed by atoms with Crippen molar-refractivity contribution in [3.8, 4) is 0 Å². The molecule has 1 aromatic rings. The average Bonchev–Trinajstić information content (AvgIpc) is 2.50. The van der Waals surface area contributed by atoms with Gasteiger partial charge >= 0.3 is 0 Å². The lowest BCUT2D eigenvalue weighted by Crippen LogP contribution is -2.18. The van der Waals surface area contributed by atoms with E-state index >= 15 is 0 Å². The van der Waals surface area contributed by atoms with Gasteiger partial charge in [0.15, 0.2) is 0 Å². The van der Waals surface area contributed by atoms with E-state index in [1.807, 2.05) is 19.4 Å². The lowest BCUT2D eigenvalue weighted by molar-refractivity contribution is 0.510. The smallest absolute Gasteiger partial charge is 0.125 e. The van der Waals surface area contributed by atoms with E-state index in [0.717, 1.165) is 5.82 Å². The fraction of sp³-hybridized carbons (Fsp3) is 0.667. The molecule has 0 saturated heterocycles. The standard InChI is InChI=1S/C9H17N3/c1-7(2)12-6-5-11-9(12)8(3)10-4/h5-8,10H,1-4H3/t8-/m1/s1. The Morgan fingerprint density at radius 2 is 2.08 bits per heavy atom. The molecule has 0 unspecified atom stereocenters. The first kappa shape index (κ1) is 9.26. The molecule has 1 atom stereocenters. The van der Waals surface area contributed by atoms with E-state index in [9.17, 15) is 0 Å². The minimum absolute atomic E-state index is 0.322. The summed E-state index contributed by atoms with van der Waals surface area (Å²) in [4.78, 5) is 4.31. The molecule has 0 spiro atoms. The molecule has 3 heteroatoms. The van der Waals surface area contributed by atoms with Gasteiger partial charge in [-0.2, -0.15) is 0 Å². The van der Waals surface area contributed by atoms with Gasteiger partial charge in [0.05, 0.1) is 6.04 Å². The maximum absolute atomic E-state index is 4.31. The Balaban J connectivity index is 2.91. The molecule has 0 aliphatic carbocycles. The predicted molar refractivity (Wildman–Crippen MR) is 50.1 cm³/mol. The van der Waals surface area contributed by atoms with Gasteiger partial charge in [-0.05, 0) is 27.8 Å². The van der Waals surface area contributed by atoms with Crippen LogP contribution in [0.15, 0.2) is 12.4 Å². The zero-order chi connectivity index (χ0) is 9.14. The van der Waals surface area contributed by atoms with Crippen molar-refractivity contribution in [2.75, 3.05) is 7.05 Å². The Morgan fingerprint density at radius 1 is 1.42 bits per heavy atom. The highest BCUT2D eigenvalue weighted by atomic mass is 15.1. The fourth-order valence-electron chi connectivity index (χ4n) is 1.23. The third-order valence-electron chi connectivity index (χ3n) is 2.08. The molecule has 3 nitrogen and oxygen atoms in total. The van der Waals surface area contributed by atoms with Gasteiger partial charge < -0.3 is 9.88 Å². The van der Waals surface area contributed by atoms with Crippen molar-refractivity contribution in [2.45, 2.75) is 32.9 Å². The minimum Gasteiger partial charge on any atom is -0.331 e. The molecule has 0 aliphatic rings. The Hall–Kier alpha value is -0.830. The van der Waals surface area contributed by atoms with E-state index in [1.165, 1.54) is 0 Å². The van der Waals surface area contributed by atoms with E-state index < -0.39 is 0 Å². The van der Waals surface area contributed by atoms with Gasteiger partial charge in [-0.3, -0.25) is 0 Å². The van der Waals surface area contributed by atoms with Gasteiger partial charge in [-0.1, -0.05) is 0 Å². The zero-order valence-electron chi connectivity index (χ0n) is 8.20. The molecule has 1 N–H and O–H groups in total. The summed E-state index contributed by atoms with van der Waals surface area (Å²) < 4.78 is 2.18. The summed E-state index contributed by atoms with van der Waals surface area (Å²) in [5.74, 6) is 1.10. The Bertz CT molecular complexity index is 240. The van der Waals surface area contributed by atoms with E-state index in [2.05, 4.69) is 35.6 Å². The third-order valence-corrected chi connectivity index (χ3v) is 2.08. The summed E-state index contributed by atoms with van der Waals surface area (Å²) in [6.45, 7) is 6.43. The Labute approximate surface area is 73.8 Å². The maximum atomic E-state index is 4.31. The quantitative estimate of drug-likeness (QED) is 0.743. The Kier molecular flexibility index (Phi) is 2.87. The van der Waals surface area contributed by atoms with Crippen LogP contribution in [0, 0.1) is 0 Å². The van der Waals surface area contributed by atoms with E-state index in [0.29, 0.717) is 12.1 Å². The van der Waals surface area contributed by atoms with Crippen LogP contribution >= 0.6 is 0 Å². The summed E-state index contributed by atoms with van der Waals surface area (Å²) in [6, 6.07) is 0.806. The first-order valence-corrected chi connectivity index (χ1v) is 4.36. The molecular weight excluding hydrogens is 150 g/mol.